The Bertz CT molecular complexity index is 1040. The second kappa shape index (κ2) is 7.72. The van der Waals surface area contributed by atoms with E-state index in [1.165, 1.54) is 0 Å². The fraction of sp³-hybridized carbons (Fsp3) is 0.217. The minimum absolute atomic E-state index is 0.0333. The zero-order valence-electron chi connectivity index (χ0n) is 15.6. The van der Waals surface area contributed by atoms with Crippen molar-refractivity contribution in [3.8, 4) is 5.75 Å². The number of esters is 1. The summed E-state index contributed by atoms with van der Waals surface area (Å²) in [5.74, 6) is 0.000228. The van der Waals surface area contributed by atoms with Gasteiger partial charge < -0.3 is 14.8 Å². The lowest BCUT2D eigenvalue weighted by atomic mass is 9.83. The van der Waals surface area contributed by atoms with Gasteiger partial charge in [-0.2, -0.15) is 0 Å². The molecule has 0 spiro atoms. The van der Waals surface area contributed by atoms with Crippen LogP contribution in [0.4, 0.5) is 5.69 Å². The maximum Gasteiger partial charge on any atom is 0.344 e. The minimum Gasteiger partial charge on any atom is -0.482 e. The van der Waals surface area contributed by atoms with E-state index >= 15 is 0 Å². The summed E-state index contributed by atoms with van der Waals surface area (Å²) in [6, 6.07) is 19.7. The Hall–Kier alpha value is -3.34. The minimum atomic E-state index is -0.412. The molecule has 0 saturated carbocycles. The third kappa shape index (κ3) is 3.43. The molecule has 5 heteroatoms. The molecule has 1 aliphatic heterocycles. The first-order valence-corrected chi connectivity index (χ1v) is 9.36. The van der Waals surface area contributed by atoms with Gasteiger partial charge in [-0.3, -0.25) is 4.79 Å². The van der Waals surface area contributed by atoms with E-state index in [0.717, 1.165) is 27.6 Å². The van der Waals surface area contributed by atoms with Gasteiger partial charge in [0.25, 0.3) is 0 Å². The van der Waals surface area contributed by atoms with E-state index < -0.39 is 5.97 Å². The molecular weight excluding hydrogens is 354 g/mol. The molecule has 0 fully saturated rings. The van der Waals surface area contributed by atoms with Crippen LogP contribution in [0, 0.1) is 0 Å². The Labute approximate surface area is 163 Å². The molecule has 0 aliphatic carbocycles. The van der Waals surface area contributed by atoms with Crippen molar-refractivity contribution in [3.63, 3.8) is 0 Å². The average Bonchev–Trinajstić information content (AvgIpc) is 2.72. The Kier molecular flexibility index (Phi) is 4.98. The molecule has 1 aliphatic rings. The van der Waals surface area contributed by atoms with Crippen LogP contribution in [0.3, 0.4) is 0 Å². The highest BCUT2D eigenvalue weighted by Gasteiger charge is 2.29. The van der Waals surface area contributed by atoms with Crippen LogP contribution in [-0.2, 0) is 14.3 Å². The van der Waals surface area contributed by atoms with Gasteiger partial charge in [-0.15, -0.1) is 0 Å². The summed E-state index contributed by atoms with van der Waals surface area (Å²) in [5, 5.41) is 5.13. The second-order valence-electron chi connectivity index (χ2n) is 6.69. The van der Waals surface area contributed by atoms with E-state index in [1.54, 1.807) is 6.92 Å². The van der Waals surface area contributed by atoms with Crippen molar-refractivity contribution in [2.45, 2.75) is 19.3 Å². The summed E-state index contributed by atoms with van der Waals surface area (Å²) < 4.78 is 10.7. The average molecular weight is 375 g/mol. The van der Waals surface area contributed by atoms with Crippen molar-refractivity contribution in [1.82, 2.24) is 0 Å². The number of anilines is 1. The van der Waals surface area contributed by atoms with Gasteiger partial charge in [0.15, 0.2) is 6.61 Å². The fourth-order valence-corrected chi connectivity index (χ4v) is 3.72. The Morgan fingerprint density at radius 1 is 1.04 bits per heavy atom. The highest BCUT2D eigenvalue weighted by Crippen LogP contribution is 2.43. The highest BCUT2D eigenvalue weighted by atomic mass is 16.6. The maximum absolute atomic E-state index is 12.5. The number of carbonyl (C=O) groups excluding carboxylic acids is 2. The van der Waals surface area contributed by atoms with Crippen molar-refractivity contribution < 1.29 is 19.1 Å². The molecule has 4 rings (SSSR count). The smallest absolute Gasteiger partial charge is 0.344 e. The molecule has 0 saturated heterocycles. The van der Waals surface area contributed by atoms with Crippen LogP contribution < -0.4 is 10.1 Å². The van der Waals surface area contributed by atoms with E-state index in [2.05, 4.69) is 17.4 Å². The van der Waals surface area contributed by atoms with Crippen molar-refractivity contribution in [2.24, 2.45) is 0 Å². The summed E-state index contributed by atoms with van der Waals surface area (Å²) in [4.78, 5) is 24.2. The Morgan fingerprint density at radius 3 is 2.68 bits per heavy atom. The first-order valence-electron chi connectivity index (χ1n) is 9.36. The van der Waals surface area contributed by atoms with Gasteiger partial charge in [0.1, 0.15) is 5.75 Å². The third-order valence-electron chi connectivity index (χ3n) is 4.94. The predicted octanol–water partition coefficient (Wildman–Crippen LogP) is 4.26. The number of nitrogens with one attached hydrogen (secondary N) is 1. The number of hydrogen-bond donors (Lipinski definition) is 1. The number of hydrogen-bond acceptors (Lipinski definition) is 4. The van der Waals surface area contributed by atoms with E-state index in [4.69, 9.17) is 9.47 Å². The van der Waals surface area contributed by atoms with Gasteiger partial charge in [-0.25, -0.2) is 4.79 Å². The van der Waals surface area contributed by atoms with Crippen molar-refractivity contribution in [3.05, 3.63) is 71.8 Å². The first-order chi connectivity index (χ1) is 13.7. The second-order valence-corrected chi connectivity index (χ2v) is 6.69. The molecule has 0 radical (unpaired) electrons. The molecule has 0 bridgehead atoms. The number of rotatable bonds is 5. The first kappa shape index (κ1) is 18.0. The molecule has 1 amide bonds. The molecule has 1 heterocycles. The number of para-hydroxylation sites is 1. The van der Waals surface area contributed by atoms with Crippen molar-refractivity contribution >= 4 is 28.3 Å². The SMILES string of the molecule is CCOC(=O)COc1ccccc1[C@@H]1CC(=O)Nc2c1ccc1ccccc21. The number of benzene rings is 3. The van der Waals surface area contributed by atoms with Crippen molar-refractivity contribution in [2.75, 3.05) is 18.5 Å². The molecule has 0 aromatic heterocycles. The van der Waals surface area contributed by atoms with Gasteiger partial charge in [-0.05, 0) is 23.9 Å². The van der Waals surface area contributed by atoms with E-state index in [0.29, 0.717) is 18.8 Å². The largest absolute Gasteiger partial charge is 0.482 e. The van der Waals surface area contributed by atoms with Crippen LogP contribution in [0.5, 0.6) is 5.75 Å². The van der Waals surface area contributed by atoms with Gasteiger partial charge in [0.05, 0.1) is 12.3 Å². The summed E-state index contributed by atoms with van der Waals surface area (Å²) in [7, 11) is 0. The lowest BCUT2D eigenvalue weighted by molar-refractivity contribution is -0.145. The van der Waals surface area contributed by atoms with Crippen LogP contribution in [0.15, 0.2) is 60.7 Å². The summed E-state index contributed by atoms with van der Waals surface area (Å²) >= 11 is 0. The van der Waals surface area contributed by atoms with Gasteiger partial charge in [0.2, 0.25) is 5.91 Å². The zero-order chi connectivity index (χ0) is 19.5. The Balaban J connectivity index is 1.74. The summed E-state index contributed by atoms with van der Waals surface area (Å²) in [6.45, 7) is 1.91. The van der Waals surface area contributed by atoms with Crippen molar-refractivity contribution in [1.29, 1.82) is 0 Å². The monoisotopic (exact) mass is 375 g/mol. The third-order valence-corrected chi connectivity index (χ3v) is 4.94. The molecule has 0 unspecified atom stereocenters. The lowest BCUT2D eigenvalue weighted by Crippen LogP contribution is -2.24. The summed E-state index contributed by atoms with van der Waals surface area (Å²) in [5.41, 5.74) is 2.78. The van der Waals surface area contributed by atoms with E-state index in [9.17, 15) is 9.59 Å². The number of ether oxygens (including phenoxy) is 2. The van der Waals surface area contributed by atoms with Gasteiger partial charge in [0, 0.05) is 23.3 Å². The topological polar surface area (TPSA) is 64.6 Å². The van der Waals surface area contributed by atoms with Crippen LogP contribution in [0.2, 0.25) is 0 Å². The van der Waals surface area contributed by atoms with Gasteiger partial charge in [-0.1, -0.05) is 54.6 Å². The fourth-order valence-electron chi connectivity index (χ4n) is 3.72. The quantitative estimate of drug-likeness (QED) is 0.677. The molecule has 28 heavy (non-hydrogen) atoms. The molecule has 1 N–H and O–H groups in total. The molecular formula is C23H21NO4. The maximum atomic E-state index is 12.5. The molecule has 3 aromatic carbocycles. The number of amides is 1. The van der Waals surface area contributed by atoms with Crippen LogP contribution >= 0.6 is 0 Å². The molecule has 3 aromatic rings. The standard InChI is InChI=1S/C23H21NO4/c1-2-27-22(26)14-28-20-10-6-5-9-17(20)19-13-21(25)24-23-16-8-4-3-7-15(16)11-12-18(19)23/h3-12,19H,2,13-14H2,1H3,(H,24,25)/t19-/m0/s1. The van der Waals surface area contributed by atoms with Crippen LogP contribution in [0.1, 0.15) is 30.4 Å². The normalized spacial score (nSPS) is 15.6. The predicted molar refractivity (Wildman–Crippen MR) is 108 cm³/mol. The molecule has 5 nitrogen and oxygen atoms in total. The van der Waals surface area contributed by atoms with Crippen LogP contribution in [0.25, 0.3) is 10.8 Å². The highest BCUT2D eigenvalue weighted by molar-refractivity contribution is 6.06. The van der Waals surface area contributed by atoms with Gasteiger partial charge >= 0.3 is 5.97 Å². The zero-order valence-corrected chi connectivity index (χ0v) is 15.6. The lowest BCUT2D eigenvalue weighted by Gasteiger charge is -2.28. The number of carbonyl (C=O) groups is 2. The number of fused-ring (bicyclic) bond motifs is 3. The molecule has 1 atom stereocenters. The molecule has 142 valence electrons. The van der Waals surface area contributed by atoms with E-state index in [1.807, 2.05) is 48.5 Å². The van der Waals surface area contributed by atoms with Crippen LogP contribution in [-0.4, -0.2) is 25.1 Å². The Morgan fingerprint density at radius 2 is 1.82 bits per heavy atom. The summed E-state index contributed by atoms with van der Waals surface area (Å²) in [6.07, 6.45) is 0.325. The van der Waals surface area contributed by atoms with E-state index in [-0.39, 0.29) is 18.4 Å².